The van der Waals surface area contributed by atoms with E-state index in [9.17, 15) is 0 Å². The number of rotatable bonds is 16. The molecule has 0 unspecified atom stereocenters. The Balaban J connectivity index is 0.000000117. The van der Waals surface area contributed by atoms with E-state index in [2.05, 4.69) is 410 Å². The van der Waals surface area contributed by atoms with Crippen molar-refractivity contribution in [2.24, 2.45) is 0 Å². The second kappa shape index (κ2) is 39.0. The molecule has 21 aromatic carbocycles. The first-order chi connectivity index (χ1) is 72.7. The summed E-state index contributed by atoms with van der Waals surface area (Å²) in [6.07, 6.45) is 5.77. The van der Waals surface area contributed by atoms with Crippen LogP contribution < -0.4 is 0 Å². The molecule has 0 saturated heterocycles. The Kier molecular flexibility index (Phi) is 23.5. The molecule has 688 valence electrons. The van der Waals surface area contributed by atoms with E-state index in [0.717, 1.165) is 129 Å². The summed E-state index contributed by atoms with van der Waals surface area (Å²) in [5.74, 6) is 5.86. The second-order valence-corrected chi connectivity index (χ2v) is 36.8. The van der Waals surface area contributed by atoms with E-state index >= 15 is 0 Å². The zero-order valence-corrected chi connectivity index (χ0v) is 80.2. The third-order valence-electron chi connectivity index (χ3n) is 27.7. The minimum Gasteiger partial charge on any atom is -0.297 e. The molecule has 0 aliphatic carbocycles. The van der Waals surface area contributed by atoms with E-state index < -0.39 is 0 Å². The van der Waals surface area contributed by atoms with Crippen molar-refractivity contribution in [1.29, 1.82) is 0 Å². The molecule has 10 nitrogen and oxygen atoms in total. The first kappa shape index (κ1) is 88.6. The van der Waals surface area contributed by atoms with Crippen LogP contribution in [-0.2, 0) is 0 Å². The van der Waals surface area contributed by atoms with Crippen LogP contribution >= 0.6 is 0 Å². The number of terminal acetylenes is 1. The number of nitrogens with zero attached hydrogens (tertiary/aromatic N) is 10. The maximum absolute atomic E-state index is 5.77. The molecule has 0 aliphatic heterocycles. The van der Waals surface area contributed by atoms with Crippen LogP contribution in [0.15, 0.2) is 522 Å². The SMILES string of the molecule is C#Cc1ccc2c(c1)nc(-c1cccc(-c3c4ccccc4c(-c4ccc5ccccc5c4)c4ccccc34)c1)n2-c1ccccc1.Cc1nc2ccccc2n1-c1ccc(-c2c3ccccc3c(-c3ccc4ccccc4c3)c3ccccc23)cc1.c1ccc(-c2cc(-c3ccccc3)nc(-c3nc(-c4cc(-c5ccccc5)cc(-c5ccccc5)n4)nc(-c4cc(-c5ccccc5)cc(-c5ccccc5)n4)n3)c2)cc1. The molecule has 0 N–H and O–H groups in total. The average Bonchev–Trinajstić information content (AvgIpc) is 0.993. The number of aryl methyl sites for hydroxylation is 1. The number of pyridine rings is 3. The van der Waals surface area contributed by atoms with Gasteiger partial charge in [0.05, 0.1) is 39.1 Å². The quantitative estimate of drug-likeness (QED) is 0.0694. The molecule has 27 rings (SSSR count). The highest BCUT2D eigenvalue weighted by Crippen LogP contribution is 2.49. The smallest absolute Gasteiger partial charge is 0.182 e. The van der Waals surface area contributed by atoms with Crippen molar-refractivity contribution in [2.45, 2.75) is 6.92 Å². The maximum Gasteiger partial charge on any atom is 0.182 e. The zero-order chi connectivity index (χ0) is 98.0. The van der Waals surface area contributed by atoms with E-state index in [1.165, 1.54) is 104 Å². The summed E-state index contributed by atoms with van der Waals surface area (Å²) in [4.78, 5) is 41.3. The fraction of sp³-hybridized carbons (Fsp3) is 0.00730. The molecule has 0 spiro atoms. The second-order valence-electron chi connectivity index (χ2n) is 36.8. The topological polar surface area (TPSA) is 113 Å². The van der Waals surface area contributed by atoms with Gasteiger partial charge in [0.15, 0.2) is 17.5 Å². The molecule has 6 heterocycles. The summed E-state index contributed by atoms with van der Waals surface area (Å²) in [6, 6.07) is 183. The lowest BCUT2D eigenvalue weighted by Crippen LogP contribution is -2.05. The standard InChI is InChI=1S/C54H36N6.C45H28N2.C38H26N2/c1-7-19-37(20-8-1)43-31-46(40-25-13-4-14-26-40)55-49(34-43)52-58-53(50-35-44(38-21-9-2-10-22-38)32-47(56-50)41-27-15-5-16-28-41)60-54(59-52)51-36-45(39-23-11-3-12-24-39)33-48(57-51)42-29-17-6-18-30-42;1-2-30-23-26-42-41(27-30)46-45(47(42)36-17-4-3-5-18-36)35-16-12-15-33(29-35)43-37-19-8-10-21-39(37)44(40-22-11-9-20-38(40)43)34-25-24-31-13-6-7-14-32(31)28-34;1-25-39-35-16-8-9-17-36(35)40(25)30-22-20-27(21-23-30)37-31-12-4-6-14-33(31)38(34-15-7-5-13-32(34)37)29-19-18-26-10-2-3-11-28(26)24-29/h1-36H;1,3-29H;2-24H,1H3. The molecule has 0 amide bonds. The largest absolute Gasteiger partial charge is 0.297 e. The number of para-hydroxylation sites is 3. The van der Waals surface area contributed by atoms with Crippen molar-refractivity contribution < 1.29 is 0 Å². The molecule has 0 aliphatic rings. The Bertz CT molecular complexity index is 9100. The van der Waals surface area contributed by atoms with Crippen LogP contribution in [0.25, 0.3) is 256 Å². The Labute approximate surface area is 851 Å². The number of aromatic nitrogens is 10. The molecule has 147 heavy (non-hydrogen) atoms. The number of hydrogen-bond donors (Lipinski definition) is 0. The highest BCUT2D eigenvalue weighted by atomic mass is 15.1. The minimum absolute atomic E-state index is 0.409. The molecule has 0 radical (unpaired) electrons. The van der Waals surface area contributed by atoms with Crippen LogP contribution in [0.3, 0.4) is 0 Å². The van der Waals surface area contributed by atoms with Crippen LogP contribution in [0.4, 0.5) is 0 Å². The molecule has 0 saturated carbocycles. The lowest BCUT2D eigenvalue weighted by atomic mass is 9.85. The van der Waals surface area contributed by atoms with Crippen molar-refractivity contribution >= 4 is 86.7 Å². The third-order valence-corrected chi connectivity index (χ3v) is 27.7. The lowest BCUT2D eigenvalue weighted by molar-refractivity contribution is 1.00. The normalized spacial score (nSPS) is 11.3. The summed E-state index contributed by atoms with van der Waals surface area (Å²) < 4.78 is 4.46. The Morgan fingerprint density at radius 3 is 0.891 bits per heavy atom. The van der Waals surface area contributed by atoms with Crippen LogP contribution in [-0.4, -0.2) is 49.0 Å². The summed E-state index contributed by atoms with van der Waals surface area (Å²) in [6.45, 7) is 2.07. The molecule has 0 atom stereocenters. The maximum atomic E-state index is 5.77. The predicted octanol–water partition coefficient (Wildman–Crippen LogP) is 34.7. The first-order valence-corrected chi connectivity index (χ1v) is 49.4. The van der Waals surface area contributed by atoms with Gasteiger partial charge in [-0.15, -0.1) is 6.42 Å². The molecule has 6 aromatic heterocycles. The number of fused-ring (bicyclic) bond motifs is 8. The van der Waals surface area contributed by atoms with Crippen LogP contribution in [0.5, 0.6) is 0 Å². The van der Waals surface area contributed by atoms with E-state index in [-0.39, 0.29) is 0 Å². The molecule has 27 aromatic rings. The Morgan fingerprint density at radius 1 is 0.184 bits per heavy atom. The van der Waals surface area contributed by atoms with Gasteiger partial charge < -0.3 is 0 Å². The van der Waals surface area contributed by atoms with Gasteiger partial charge in [0, 0.05) is 39.2 Å². The Hall–Kier alpha value is -19.9. The number of benzene rings is 21. The van der Waals surface area contributed by atoms with Gasteiger partial charge in [-0.1, -0.05) is 418 Å². The van der Waals surface area contributed by atoms with Gasteiger partial charge in [-0.2, -0.15) is 0 Å². The predicted molar refractivity (Wildman–Crippen MR) is 609 cm³/mol. The van der Waals surface area contributed by atoms with Gasteiger partial charge in [-0.05, 0) is 259 Å². The summed E-state index contributed by atoms with van der Waals surface area (Å²) in [5, 5.41) is 15.0. The van der Waals surface area contributed by atoms with E-state index in [0.29, 0.717) is 34.6 Å². The van der Waals surface area contributed by atoms with Crippen molar-refractivity contribution in [3.8, 4) is 181 Å². The van der Waals surface area contributed by atoms with Crippen molar-refractivity contribution in [1.82, 2.24) is 49.0 Å². The average molecular weight is 1880 g/mol. The monoisotopic (exact) mass is 1870 g/mol. The lowest BCUT2D eigenvalue weighted by Gasteiger charge is -2.18. The molecule has 10 heteroatoms. The summed E-state index contributed by atoms with van der Waals surface area (Å²) >= 11 is 0. The first-order valence-electron chi connectivity index (χ1n) is 49.4. The summed E-state index contributed by atoms with van der Waals surface area (Å²) in [5.41, 5.74) is 31.3. The van der Waals surface area contributed by atoms with Gasteiger partial charge >= 0.3 is 0 Å². The van der Waals surface area contributed by atoms with E-state index in [1.807, 2.05) is 133 Å². The molecular weight excluding hydrogens is 1790 g/mol. The van der Waals surface area contributed by atoms with Gasteiger partial charge in [0.2, 0.25) is 0 Å². The number of imidazole rings is 2. The highest BCUT2D eigenvalue weighted by molar-refractivity contribution is 6.23. The number of hydrogen-bond acceptors (Lipinski definition) is 8. The van der Waals surface area contributed by atoms with Gasteiger partial charge in [0.1, 0.15) is 28.7 Å². The van der Waals surface area contributed by atoms with Crippen LogP contribution in [0.1, 0.15) is 11.4 Å². The molecule has 0 bridgehead atoms. The minimum atomic E-state index is 0.409. The Morgan fingerprint density at radius 2 is 0.490 bits per heavy atom. The van der Waals surface area contributed by atoms with Crippen molar-refractivity contribution in [3.63, 3.8) is 0 Å². The molecular formula is C137H90N10. The van der Waals surface area contributed by atoms with Crippen molar-refractivity contribution in [2.75, 3.05) is 0 Å². The van der Waals surface area contributed by atoms with Crippen molar-refractivity contribution in [3.05, 3.63) is 533 Å². The van der Waals surface area contributed by atoms with Gasteiger partial charge in [-0.25, -0.2) is 39.9 Å². The van der Waals surface area contributed by atoms with Gasteiger partial charge in [0.25, 0.3) is 0 Å². The fourth-order valence-corrected chi connectivity index (χ4v) is 20.8. The molecule has 0 fully saturated rings. The van der Waals surface area contributed by atoms with E-state index in [1.54, 1.807) is 0 Å². The van der Waals surface area contributed by atoms with E-state index in [4.69, 9.17) is 46.3 Å². The third kappa shape index (κ3) is 17.4. The van der Waals surface area contributed by atoms with Crippen LogP contribution in [0.2, 0.25) is 0 Å². The zero-order valence-electron chi connectivity index (χ0n) is 80.2. The summed E-state index contributed by atoms with van der Waals surface area (Å²) in [7, 11) is 0. The highest BCUT2D eigenvalue weighted by Gasteiger charge is 2.26. The van der Waals surface area contributed by atoms with Crippen LogP contribution in [0, 0.1) is 19.3 Å². The fourth-order valence-electron chi connectivity index (χ4n) is 20.8. The van der Waals surface area contributed by atoms with Gasteiger partial charge in [-0.3, -0.25) is 9.13 Å².